The van der Waals surface area contributed by atoms with Crippen molar-refractivity contribution >= 4 is 11.7 Å². The van der Waals surface area contributed by atoms with Crippen molar-refractivity contribution in [1.82, 2.24) is 0 Å². The van der Waals surface area contributed by atoms with Gasteiger partial charge in [0.05, 0.1) is 5.56 Å². The second kappa shape index (κ2) is 5.58. The number of hydrogen-bond donors (Lipinski definition) is 2. The van der Waals surface area contributed by atoms with E-state index in [9.17, 15) is 9.90 Å². The molecule has 2 aromatic rings. The lowest BCUT2D eigenvalue weighted by atomic mass is 9.93. The summed E-state index contributed by atoms with van der Waals surface area (Å²) >= 11 is 0. The number of aliphatic hydroxyl groups excluding tert-OH is 1. The van der Waals surface area contributed by atoms with E-state index in [4.69, 9.17) is 5.11 Å². The van der Waals surface area contributed by atoms with Gasteiger partial charge in [-0.2, -0.15) is 0 Å². The van der Waals surface area contributed by atoms with E-state index < -0.39 is 5.97 Å². The van der Waals surface area contributed by atoms with Gasteiger partial charge in [-0.3, -0.25) is 0 Å². The summed E-state index contributed by atoms with van der Waals surface area (Å²) in [5.74, 6) is -0.580. The Balaban J connectivity index is 1.81. The number of para-hydroxylation sites is 1. The predicted molar refractivity (Wildman–Crippen MR) is 80.7 cm³/mol. The molecule has 0 spiro atoms. The molecule has 0 bridgehead atoms. The fourth-order valence-corrected chi connectivity index (χ4v) is 2.96. The highest BCUT2D eigenvalue weighted by molar-refractivity contribution is 5.87. The minimum absolute atomic E-state index is 0.0193. The maximum atomic E-state index is 10.9. The van der Waals surface area contributed by atoms with E-state index in [0.29, 0.717) is 11.5 Å². The minimum atomic E-state index is -0.904. The first kappa shape index (κ1) is 13.6. The molecule has 1 aliphatic heterocycles. The molecule has 0 radical (unpaired) electrons. The third-order valence-electron chi connectivity index (χ3n) is 4.01. The van der Waals surface area contributed by atoms with Crippen LogP contribution in [0.1, 0.15) is 27.4 Å². The Labute approximate surface area is 123 Å². The zero-order chi connectivity index (χ0) is 14.8. The molecule has 2 N–H and O–H groups in total. The first-order valence-corrected chi connectivity index (χ1v) is 6.96. The van der Waals surface area contributed by atoms with Crippen LogP contribution in [0.2, 0.25) is 0 Å². The first-order valence-electron chi connectivity index (χ1n) is 6.96. The minimum Gasteiger partial charge on any atom is -0.478 e. The van der Waals surface area contributed by atoms with E-state index in [1.807, 2.05) is 35.2 Å². The van der Waals surface area contributed by atoms with E-state index in [2.05, 4.69) is 6.07 Å². The van der Waals surface area contributed by atoms with E-state index in [1.165, 1.54) is 5.56 Å². The third-order valence-corrected chi connectivity index (χ3v) is 4.01. The zero-order valence-corrected chi connectivity index (χ0v) is 11.6. The highest BCUT2D eigenvalue weighted by Gasteiger charge is 2.27. The van der Waals surface area contributed by atoms with Gasteiger partial charge < -0.3 is 15.1 Å². The SMILES string of the molecule is O=C(O)c1ccc(CC2CN(CO)c3ccccc32)cc1. The predicted octanol–water partition coefficient (Wildman–Crippen LogP) is 2.48. The van der Waals surface area contributed by atoms with Gasteiger partial charge in [-0.1, -0.05) is 30.3 Å². The molecular formula is C17H17NO3. The fourth-order valence-electron chi connectivity index (χ4n) is 2.96. The molecule has 0 saturated heterocycles. The number of nitrogens with zero attached hydrogens (tertiary/aromatic N) is 1. The van der Waals surface area contributed by atoms with Crippen LogP contribution in [-0.4, -0.2) is 29.5 Å². The molecule has 21 heavy (non-hydrogen) atoms. The maximum absolute atomic E-state index is 10.9. The fraction of sp³-hybridized carbons (Fsp3) is 0.235. The van der Waals surface area contributed by atoms with Crippen molar-refractivity contribution in [1.29, 1.82) is 0 Å². The second-order valence-electron chi connectivity index (χ2n) is 5.33. The van der Waals surface area contributed by atoms with Gasteiger partial charge >= 0.3 is 5.97 Å². The summed E-state index contributed by atoms with van der Waals surface area (Å²) in [7, 11) is 0. The van der Waals surface area contributed by atoms with Gasteiger partial charge in [0, 0.05) is 18.2 Å². The number of hydrogen-bond acceptors (Lipinski definition) is 3. The molecule has 3 rings (SSSR count). The summed E-state index contributed by atoms with van der Waals surface area (Å²) in [4.78, 5) is 12.8. The Morgan fingerprint density at radius 1 is 1.14 bits per heavy atom. The van der Waals surface area contributed by atoms with Crippen molar-refractivity contribution in [2.24, 2.45) is 0 Å². The number of benzene rings is 2. The van der Waals surface area contributed by atoms with Gasteiger partial charge in [-0.05, 0) is 35.7 Å². The molecular weight excluding hydrogens is 266 g/mol. The second-order valence-corrected chi connectivity index (χ2v) is 5.33. The summed E-state index contributed by atoms with van der Waals surface area (Å²) in [6.45, 7) is 0.808. The Kier molecular flexibility index (Phi) is 3.62. The van der Waals surface area contributed by atoms with Crippen molar-refractivity contribution in [2.75, 3.05) is 18.2 Å². The molecule has 1 heterocycles. The molecule has 2 aromatic carbocycles. The summed E-state index contributed by atoms with van der Waals surface area (Å²) in [6, 6.07) is 15.1. The zero-order valence-electron chi connectivity index (χ0n) is 11.6. The quantitative estimate of drug-likeness (QED) is 0.905. The Morgan fingerprint density at radius 2 is 1.86 bits per heavy atom. The number of carboxylic acid groups (broad SMARTS) is 1. The van der Waals surface area contributed by atoms with E-state index >= 15 is 0 Å². The summed E-state index contributed by atoms with van der Waals surface area (Å²) < 4.78 is 0. The standard InChI is InChI=1S/C17H17NO3/c19-11-18-10-14(15-3-1-2-4-16(15)18)9-12-5-7-13(8-6-12)17(20)21/h1-8,14,19H,9-11H2,(H,20,21). The molecule has 0 fully saturated rings. The van der Waals surface area contributed by atoms with Crippen LogP contribution in [0.3, 0.4) is 0 Å². The molecule has 0 saturated carbocycles. The lowest BCUT2D eigenvalue weighted by Crippen LogP contribution is -2.23. The van der Waals surface area contributed by atoms with Gasteiger partial charge in [0.25, 0.3) is 0 Å². The summed E-state index contributed by atoms with van der Waals surface area (Å²) in [5.41, 5.74) is 3.75. The molecule has 0 aliphatic carbocycles. The number of aromatic carboxylic acids is 1. The van der Waals surface area contributed by atoms with Crippen molar-refractivity contribution < 1.29 is 15.0 Å². The molecule has 108 valence electrons. The van der Waals surface area contributed by atoms with Crippen LogP contribution >= 0.6 is 0 Å². The van der Waals surface area contributed by atoms with Crippen LogP contribution in [0.5, 0.6) is 0 Å². The number of rotatable bonds is 4. The Morgan fingerprint density at radius 3 is 2.52 bits per heavy atom. The normalized spacial score (nSPS) is 16.8. The largest absolute Gasteiger partial charge is 0.478 e. The number of fused-ring (bicyclic) bond motifs is 1. The number of aliphatic hydroxyl groups is 1. The Bertz CT molecular complexity index is 651. The molecule has 0 aromatic heterocycles. The lowest BCUT2D eigenvalue weighted by Gasteiger charge is -2.16. The number of carbonyl (C=O) groups is 1. The van der Waals surface area contributed by atoms with Gasteiger partial charge in [0.1, 0.15) is 6.73 Å². The molecule has 1 aliphatic rings. The third kappa shape index (κ3) is 2.62. The smallest absolute Gasteiger partial charge is 0.335 e. The van der Waals surface area contributed by atoms with Gasteiger partial charge in [0.15, 0.2) is 0 Å². The molecule has 0 amide bonds. The van der Waals surface area contributed by atoms with Gasteiger partial charge in [-0.25, -0.2) is 4.79 Å². The van der Waals surface area contributed by atoms with E-state index in [0.717, 1.165) is 24.2 Å². The molecule has 4 nitrogen and oxygen atoms in total. The highest BCUT2D eigenvalue weighted by Crippen LogP contribution is 2.37. The van der Waals surface area contributed by atoms with Crippen LogP contribution in [0.15, 0.2) is 48.5 Å². The summed E-state index contributed by atoms with van der Waals surface area (Å²) in [5, 5.41) is 18.4. The van der Waals surface area contributed by atoms with Crippen LogP contribution in [0.4, 0.5) is 5.69 Å². The average molecular weight is 283 g/mol. The van der Waals surface area contributed by atoms with Crippen LogP contribution < -0.4 is 4.90 Å². The molecule has 4 heteroatoms. The van der Waals surface area contributed by atoms with Gasteiger partial charge in [0.2, 0.25) is 0 Å². The van der Waals surface area contributed by atoms with E-state index in [-0.39, 0.29) is 6.73 Å². The molecule has 1 atom stereocenters. The maximum Gasteiger partial charge on any atom is 0.335 e. The Hall–Kier alpha value is -2.33. The van der Waals surface area contributed by atoms with Crippen molar-refractivity contribution in [2.45, 2.75) is 12.3 Å². The summed E-state index contributed by atoms with van der Waals surface area (Å²) in [6.07, 6.45) is 0.841. The highest BCUT2D eigenvalue weighted by atomic mass is 16.4. The number of carboxylic acids is 1. The topological polar surface area (TPSA) is 60.8 Å². The number of anilines is 1. The van der Waals surface area contributed by atoms with Crippen LogP contribution in [-0.2, 0) is 6.42 Å². The lowest BCUT2D eigenvalue weighted by molar-refractivity contribution is 0.0697. The average Bonchev–Trinajstić information content (AvgIpc) is 2.86. The monoisotopic (exact) mass is 283 g/mol. The van der Waals surface area contributed by atoms with Crippen molar-refractivity contribution in [3.05, 3.63) is 65.2 Å². The van der Waals surface area contributed by atoms with Gasteiger partial charge in [-0.15, -0.1) is 0 Å². The molecule has 1 unspecified atom stereocenters. The van der Waals surface area contributed by atoms with Crippen molar-refractivity contribution in [3.8, 4) is 0 Å². The van der Waals surface area contributed by atoms with Crippen LogP contribution in [0.25, 0.3) is 0 Å². The van der Waals surface area contributed by atoms with Crippen LogP contribution in [0, 0.1) is 0 Å². The van der Waals surface area contributed by atoms with Crippen molar-refractivity contribution in [3.63, 3.8) is 0 Å². The van der Waals surface area contributed by atoms with E-state index in [1.54, 1.807) is 12.1 Å². The first-order chi connectivity index (χ1) is 10.2.